The van der Waals surface area contributed by atoms with Crippen molar-refractivity contribution < 1.29 is 9.47 Å². The Labute approximate surface area is 230 Å². The molecule has 2 nitrogen and oxygen atoms in total. The number of terminal acetylenes is 2. The first-order valence-electron chi connectivity index (χ1n) is 12.9. The van der Waals surface area contributed by atoms with Gasteiger partial charge in [-0.1, -0.05) is 103 Å². The van der Waals surface area contributed by atoms with E-state index < -0.39 is 6.10 Å². The van der Waals surface area contributed by atoms with Crippen LogP contribution < -0.4 is 4.74 Å². The molecule has 39 heavy (non-hydrogen) atoms. The van der Waals surface area contributed by atoms with Crippen LogP contribution in [0.5, 0.6) is 5.75 Å². The lowest BCUT2D eigenvalue weighted by atomic mass is 9.94. The highest BCUT2D eigenvalue weighted by molar-refractivity contribution is 5.92. The van der Waals surface area contributed by atoms with Crippen molar-refractivity contribution in [2.24, 2.45) is 0 Å². The number of fused-ring (bicyclic) bond motifs is 2. The average molecular weight is 505 g/mol. The van der Waals surface area contributed by atoms with E-state index in [2.05, 4.69) is 66.1 Å². The molecule has 1 atom stereocenters. The zero-order valence-electron chi connectivity index (χ0n) is 21.9. The van der Waals surface area contributed by atoms with Gasteiger partial charge in [0.25, 0.3) is 0 Å². The summed E-state index contributed by atoms with van der Waals surface area (Å²) in [6.45, 7) is 0.339. The van der Waals surface area contributed by atoms with Gasteiger partial charge in [-0.2, -0.15) is 0 Å². The van der Waals surface area contributed by atoms with Crippen LogP contribution in [0.3, 0.4) is 0 Å². The molecular weight excluding hydrogens is 476 g/mol. The molecule has 5 rings (SSSR count). The van der Waals surface area contributed by atoms with Crippen LogP contribution in [0.25, 0.3) is 21.5 Å². The topological polar surface area (TPSA) is 18.5 Å². The zero-order valence-corrected chi connectivity index (χ0v) is 21.9. The van der Waals surface area contributed by atoms with E-state index in [0.717, 1.165) is 61.5 Å². The van der Waals surface area contributed by atoms with Gasteiger partial charge in [-0.3, -0.25) is 0 Å². The molecule has 0 aliphatic rings. The quantitative estimate of drug-likeness (QED) is 0.210. The fourth-order valence-corrected chi connectivity index (χ4v) is 4.78. The van der Waals surface area contributed by atoms with Gasteiger partial charge in [0.15, 0.2) is 0 Å². The van der Waals surface area contributed by atoms with E-state index in [-0.39, 0.29) is 0 Å². The number of benzene rings is 5. The number of methoxy groups -OCH3 is 1. The Morgan fingerprint density at radius 2 is 1.38 bits per heavy atom. The lowest BCUT2D eigenvalue weighted by Crippen LogP contribution is -2.04. The van der Waals surface area contributed by atoms with E-state index in [1.165, 1.54) is 0 Å². The maximum atomic E-state index is 6.24. The molecule has 188 valence electrons. The summed E-state index contributed by atoms with van der Waals surface area (Å²) in [7, 11) is 1.68. The van der Waals surface area contributed by atoms with Crippen LogP contribution >= 0.6 is 0 Å². The second-order valence-corrected chi connectivity index (χ2v) is 9.23. The number of hydrogen-bond acceptors (Lipinski definition) is 2. The van der Waals surface area contributed by atoms with E-state index >= 15 is 0 Å². The fourth-order valence-electron chi connectivity index (χ4n) is 4.78. The highest BCUT2D eigenvalue weighted by Gasteiger charge is 2.13. The minimum Gasteiger partial charge on any atom is -0.497 e. The molecule has 2 heteroatoms. The molecule has 0 aliphatic carbocycles. The van der Waals surface area contributed by atoms with Crippen LogP contribution in [0.1, 0.15) is 40.3 Å². The van der Waals surface area contributed by atoms with Crippen LogP contribution in [0.4, 0.5) is 0 Å². The van der Waals surface area contributed by atoms with Crippen molar-refractivity contribution in [3.8, 4) is 42.3 Å². The largest absolute Gasteiger partial charge is 0.497 e. The number of hydrogen-bond donors (Lipinski definition) is 0. The Hall–Kier alpha value is -4.94. The summed E-state index contributed by atoms with van der Waals surface area (Å²) < 4.78 is 11.8. The monoisotopic (exact) mass is 504 g/mol. The lowest BCUT2D eigenvalue weighted by Gasteiger charge is -2.15. The van der Waals surface area contributed by atoms with Gasteiger partial charge in [-0.15, -0.1) is 18.8 Å². The van der Waals surface area contributed by atoms with E-state index in [1.54, 1.807) is 7.11 Å². The predicted molar refractivity (Wildman–Crippen MR) is 160 cm³/mol. The number of ether oxygens (including phenoxy) is 2. The molecule has 0 unspecified atom stereocenters. The van der Waals surface area contributed by atoms with Crippen molar-refractivity contribution in [2.75, 3.05) is 7.11 Å². The Balaban J connectivity index is 1.62. The second-order valence-electron chi connectivity index (χ2n) is 9.23. The molecule has 0 N–H and O–H groups in total. The molecule has 0 fully saturated rings. The molecule has 5 aromatic rings. The zero-order chi connectivity index (χ0) is 27.0. The molecule has 0 bridgehead atoms. The van der Waals surface area contributed by atoms with Gasteiger partial charge in [0.2, 0.25) is 0 Å². The molecular formula is C37H28O2. The fraction of sp³-hybridized carbons (Fsp3) is 0.135. The highest BCUT2D eigenvalue weighted by atomic mass is 16.5. The summed E-state index contributed by atoms with van der Waals surface area (Å²) in [6, 6.07) is 32.6. The van der Waals surface area contributed by atoms with Gasteiger partial charge in [0.1, 0.15) is 11.9 Å². The molecule has 5 aromatic carbocycles. The van der Waals surface area contributed by atoms with Gasteiger partial charge in [-0.25, -0.2) is 0 Å². The first-order valence-corrected chi connectivity index (χ1v) is 12.9. The molecule has 0 saturated carbocycles. The minimum absolute atomic E-state index is 0.339. The molecule has 0 heterocycles. The van der Waals surface area contributed by atoms with Crippen molar-refractivity contribution in [3.05, 3.63) is 125 Å². The lowest BCUT2D eigenvalue weighted by molar-refractivity contribution is 0.0782. The van der Waals surface area contributed by atoms with Crippen molar-refractivity contribution in [2.45, 2.75) is 25.6 Å². The van der Waals surface area contributed by atoms with Crippen molar-refractivity contribution >= 4 is 21.5 Å². The Bertz CT molecular complexity index is 1770. The molecule has 0 spiro atoms. The summed E-state index contributed by atoms with van der Waals surface area (Å²) in [4.78, 5) is 0. The summed E-state index contributed by atoms with van der Waals surface area (Å²) >= 11 is 0. The van der Waals surface area contributed by atoms with E-state index in [1.807, 2.05) is 54.6 Å². The molecule has 0 aliphatic heterocycles. The van der Waals surface area contributed by atoms with E-state index in [4.69, 9.17) is 22.3 Å². The third-order valence-electron chi connectivity index (χ3n) is 6.84. The molecule has 0 aromatic heterocycles. The second kappa shape index (κ2) is 12.1. The van der Waals surface area contributed by atoms with Crippen LogP contribution in [-0.2, 0) is 17.8 Å². The summed E-state index contributed by atoms with van der Waals surface area (Å²) in [6.07, 6.45) is 12.4. The van der Waals surface area contributed by atoms with Gasteiger partial charge >= 0.3 is 0 Å². The predicted octanol–water partition coefficient (Wildman–Crippen LogP) is 7.86. The smallest absolute Gasteiger partial charge is 0.143 e. The van der Waals surface area contributed by atoms with Gasteiger partial charge in [0.05, 0.1) is 13.7 Å². The maximum Gasteiger partial charge on any atom is 0.143 e. The average Bonchev–Trinajstić information content (AvgIpc) is 2.99. The van der Waals surface area contributed by atoms with Crippen molar-refractivity contribution in [3.63, 3.8) is 0 Å². The molecule has 0 radical (unpaired) electrons. The van der Waals surface area contributed by atoms with E-state index in [9.17, 15) is 0 Å². The van der Waals surface area contributed by atoms with Crippen molar-refractivity contribution in [1.82, 2.24) is 0 Å². The van der Waals surface area contributed by atoms with Crippen LogP contribution in [0, 0.1) is 36.5 Å². The van der Waals surface area contributed by atoms with Gasteiger partial charge < -0.3 is 9.47 Å². The Kier molecular flexibility index (Phi) is 7.95. The van der Waals surface area contributed by atoms with Crippen LogP contribution in [-0.4, -0.2) is 7.11 Å². The Morgan fingerprint density at radius 1 is 0.718 bits per heavy atom. The SMILES string of the molecule is C#CCCc1ccc2ccc(OC)cc2c1C#Cc1c(CO[C@@H](C#C)c2ccccc2)ccc2ccccc12. The summed E-state index contributed by atoms with van der Waals surface area (Å²) in [5, 5.41) is 4.34. The van der Waals surface area contributed by atoms with Crippen LogP contribution in [0.15, 0.2) is 97.1 Å². The van der Waals surface area contributed by atoms with Gasteiger partial charge in [0, 0.05) is 22.9 Å². The Morgan fingerprint density at radius 3 is 2.13 bits per heavy atom. The first kappa shape index (κ1) is 25.7. The first-order chi connectivity index (χ1) is 19.2. The highest BCUT2D eigenvalue weighted by Crippen LogP contribution is 2.29. The van der Waals surface area contributed by atoms with E-state index in [0.29, 0.717) is 13.0 Å². The summed E-state index contributed by atoms with van der Waals surface area (Å²) in [5.41, 5.74) is 4.96. The number of rotatable bonds is 7. The van der Waals surface area contributed by atoms with Crippen molar-refractivity contribution in [1.29, 1.82) is 0 Å². The molecule has 0 saturated heterocycles. The van der Waals surface area contributed by atoms with Gasteiger partial charge in [-0.05, 0) is 51.4 Å². The third kappa shape index (κ3) is 5.66. The third-order valence-corrected chi connectivity index (χ3v) is 6.84. The molecule has 0 amide bonds. The maximum absolute atomic E-state index is 6.24. The number of aryl methyl sites for hydroxylation is 1. The standard InChI is InChI=1S/C37H28O2/c1-4-6-12-27-17-18-29-21-22-32(38-3)25-36(29)34(27)23-24-35-31(20-19-28-13-10-11-16-33(28)35)26-39-37(5-2)30-14-8-7-9-15-30/h1-2,7-11,13-22,25,37H,6,12,26H2,3H3/t37-/m0/s1. The summed E-state index contributed by atoms with van der Waals surface area (Å²) in [5.74, 6) is 13.4. The minimum atomic E-state index is -0.445. The van der Waals surface area contributed by atoms with Crippen LogP contribution in [0.2, 0.25) is 0 Å². The normalized spacial score (nSPS) is 11.3.